The monoisotopic (exact) mass is 248 g/mol. The van der Waals surface area contributed by atoms with Gasteiger partial charge in [0.1, 0.15) is 0 Å². The highest BCUT2D eigenvalue weighted by molar-refractivity contribution is 5.99. The van der Waals surface area contributed by atoms with Crippen LogP contribution in [0.5, 0.6) is 0 Å². The summed E-state index contributed by atoms with van der Waals surface area (Å²) in [6, 6.07) is 1.74. The van der Waals surface area contributed by atoms with Crippen molar-refractivity contribution in [2.45, 2.75) is 6.42 Å². The molecular formula is C13H20N4O. The van der Waals surface area contributed by atoms with Gasteiger partial charge in [-0.05, 0) is 32.0 Å². The molecule has 0 aliphatic carbocycles. The molecule has 1 fully saturated rings. The average Bonchev–Trinajstić information content (AvgIpc) is 2.81. The van der Waals surface area contributed by atoms with Crippen molar-refractivity contribution in [3.8, 4) is 0 Å². The van der Waals surface area contributed by atoms with Crippen molar-refractivity contribution in [1.29, 1.82) is 0 Å². The lowest BCUT2D eigenvalue weighted by molar-refractivity contribution is 0.0948. The topological polar surface area (TPSA) is 57.3 Å². The third kappa shape index (κ3) is 2.98. The molecule has 1 aliphatic rings. The van der Waals surface area contributed by atoms with Crippen molar-refractivity contribution in [1.82, 2.24) is 15.2 Å². The van der Waals surface area contributed by atoms with E-state index in [0.717, 1.165) is 31.7 Å². The van der Waals surface area contributed by atoms with E-state index in [-0.39, 0.29) is 5.91 Å². The SMILES string of the molecule is CNc1cnccc1C(=O)NCC1CCN(C)C1. The lowest BCUT2D eigenvalue weighted by Crippen LogP contribution is -2.30. The van der Waals surface area contributed by atoms with Gasteiger partial charge in [0.25, 0.3) is 5.91 Å². The molecule has 0 bridgehead atoms. The van der Waals surface area contributed by atoms with E-state index < -0.39 is 0 Å². The zero-order chi connectivity index (χ0) is 13.0. The number of anilines is 1. The largest absolute Gasteiger partial charge is 0.386 e. The summed E-state index contributed by atoms with van der Waals surface area (Å²) in [4.78, 5) is 18.4. The number of carbonyl (C=O) groups excluding carboxylic acids is 1. The van der Waals surface area contributed by atoms with Crippen LogP contribution < -0.4 is 10.6 Å². The molecule has 98 valence electrons. The molecule has 5 heteroatoms. The number of aromatic nitrogens is 1. The van der Waals surface area contributed by atoms with Crippen LogP contribution in [-0.4, -0.2) is 49.5 Å². The van der Waals surface area contributed by atoms with Crippen LogP contribution in [0.1, 0.15) is 16.8 Å². The number of pyridine rings is 1. The third-order valence-electron chi connectivity index (χ3n) is 3.38. The minimum Gasteiger partial charge on any atom is -0.386 e. The van der Waals surface area contributed by atoms with E-state index >= 15 is 0 Å². The molecule has 2 N–H and O–H groups in total. The maximum atomic E-state index is 12.1. The second kappa shape index (κ2) is 5.82. The van der Waals surface area contributed by atoms with Gasteiger partial charge in [0, 0.05) is 26.3 Å². The van der Waals surface area contributed by atoms with E-state index in [1.807, 2.05) is 0 Å². The smallest absolute Gasteiger partial charge is 0.253 e. The molecule has 0 aromatic carbocycles. The molecule has 1 unspecified atom stereocenters. The van der Waals surface area contributed by atoms with Gasteiger partial charge in [-0.2, -0.15) is 0 Å². The van der Waals surface area contributed by atoms with Crippen LogP contribution in [0.2, 0.25) is 0 Å². The molecule has 1 saturated heterocycles. The fraction of sp³-hybridized carbons (Fsp3) is 0.538. The van der Waals surface area contributed by atoms with Crippen LogP contribution >= 0.6 is 0 Å². The number of rotatable bonds is 4. The molecule has 2 rings (SSSR count). The number of carbonyl (C=O) groups is 1. The average molecular weight is 248 g/mol. The van der Waals surface area contributed by atoms with E-state index in [0.29, 0.717) is 11.5 Å². The first-order valence-corrected chi connectivity index (χ1v) is 6.29. The summed E-state index contributed by atoms with van der Waals surface area (Å²) in [5.41, 5.74) is 1.41. The predicted molar refractivity (Wildman–Crippen MR) is 71.7 cm³/mol. The molecule has 1 aliphatic heterocycles. The van der Waals surface area contributed by atoms with Crippen LogP contribution in [0, 0.1) is 5.92 Å². The molecule has 2 heterocycles. The van der Waals surface area contributed by atoms with Crippen LogP contribution in [0.15, 0.2) is 18.5 Å². The normalized spacial score (nSPS) is 19.8. The summed E-state index contributed by atoms with van der Waals surface area (Å²) in [6.07, 6.45) is 4.46. The van der Waals surface area contributed by atoms with Crippen LogP contribution in [-0.2, 0) is 0 Å². The Balaban J connectivity index is 1.91. The van der Waals surface area contributed by atoms with Gasteiger partial charge in [-0.15, -0.1) is 0 Å². The quantitative estimate of drug-likeness (QED) is 0.827. The zero-order valence-electron chi connectivity index (χ0n) is 10.9. The number of amides is 1. The molecule has 1 aromatic rings. The number of hydrogen-bond acceptors (Lipinski definition) is 4. The van der Waals surface area contributed by atoms with Crippen LogP contribution in [0.3, 0.4) is 0 Å². The Bertz CT molecular complexity index is 421. The minimum atomic E-state index is -0.0312. The van der Waals surface area contributed by atoms with Gasteiger partial charge in [-0.3, -0.25) is 9.78 Å². The Labute approximate surface area is 108 Å². The van der Waals surface area contributed by atoms with E-state index in [9.17, 15) is 4.79 Å². The fourth-order valence-corrected chi connectivity index (χ4v) is 2.32. The number of nitrogens with one attached hydrogen (secondary N) is 2. The summed E-state index contributed by atoms with van der Waals surface area (Å²) < 4.78 is 0. The van der Waals surface area contributed by atoms with E-state index in [4.69, 9.17) is 0 Å². The standard InChI is InChI=1S/C13H20N4O/c1-14-12-8-15-5-3-11(12)13(18)16-7-10-4-6-17(2)9-10/h3,5,8,10,14H,4,6-7,9H2,1-2H3,(H,16,18). The first-order valence-electron chi connectivity index (χ1n) is 6.29. The summed E-state index contributed by atoms with van der Waals surface area (Å²) in [6.45, 7) is 2.93. The molecule has 0 saturated carbocycles. The Morgan fingerprint density at radius 1 is 1.61 bits per heavy atom. The van der Waals surface area contributed by atoms with Crippen molar-refractivity contribution in [3.05, 3.63) is 24.0 Å². The summed E-state index contributed by atoms with van der Waals surface area (Å²) in [7, 11) is 3.91. The summed E-state index contributed by atoms with van der Waals surface area (Å²) in [5, 5.41) is 5.98. The van der Waals surface area contributed by atoms with Gasteiger partial charge < -0.3 is 15.5 Å². The van der Waals surface area contributed by atoms with Crippen LogP contribution in [0.4, 0.5) is 5.69 Å². The number of likely N-dealkylation sites (tertiary alicyclic amines) is 1. The molecule has 0 radical (unpaired) electrons. The second-order valence-electron chi connectivity index (χ2n) is 4.80. The second-order valence-corrected chi connectivity index (χ2v) is 4.80. The molecule has 1 amide bonds. The first kappa shape index (κ1) is 12.8. The van der Waals surface area contributed by atoms with Crippen molar-refractivity contribution < 1.29 is 4.79 Å². The summed E-state index contributed by atoms with van der Waals surface area (Å²) >= 11 is 0. The maximum absolute atomic E-state index is 12.1. The molecule has 1 atom stereocenters. The number of hydrogen-bond donors (Lipinski definition) is 2. The summed E-state index contributed by atoms with van der Waals surface area (Å²) in [5.74, 6) is 0.537. The Morgan fingerprint density at radius 2 is 2.44 bits per heavy atom. The van der Waals surface area contributed by atoms with Crippen molar-refractivity contribution in [3.63, 3.8) is 0 Å². The highest BCUT2D eigenvalue weighted by Crippen LogP contribution is 2.15. The van der Waals surface area contributed by atoms with E-state index in [1.54, 1.807) is 25.5 Å². The fourth-order valence-electron chi connectivity index (χ4n) is 2.32. The van der Waals surface area contributed by atoms with E-state index in [1.165, 1.54) is 0 Å². The Kier molecular flexibility index (Phi) is 4.15. The molecule has 18 heavy (non-hydrogen) atoms. The first-order chi connectivity index (χ1) is 8.70. The van der Waals surface area contributed by atoms with Crippen molar-refractivity contribution >= 4 is 11.6 Å². The number of nitrogens with zero attached hydrogens (tertiary/aromatic N) is 2. The highest BCUT2D eigenvalue weighted by Gasteiger charge is 2.20. The van der Waals surface area contributed by atoms with Crippen molar-refractivity contribution in [2.24, 2.45) is 5.92 Å². The van der Waals surface area contributed by atoms with Crippen molar-refractivity contribution in [2.75, 3.05) is 39.0 Å². The maximum Gasteiger partial charge on any atom is 0.253 e. The van der Waals surface area contributed by atoms with Gasteiger partial charge >= 0.3 is 0 Å². The lowest BCUT2D eigenvalue weighted by atomic mass is 10.1. The molecule has 0 spiro atoms. The van der Waals surface area contributed by atoms with E-state index in [2.05, 4.69) is 27.6 Å². The minimum absolute atomic E-state index is 0.0312. The zero-order valence-corrected chi connectivity index (χ0v) is 10.9. The van der Waals surface area contributed by atoms with Crippen LogP contribution in [0.25, 0.3) is 0 Å². The lowest BCUT2D eigenvalue weighted by Gasteiger charge is -2.13. The Hall–Kier alpha value is -1.62. The van der Waals surface area contributed by atoms with Gasteiger partial charge in [0.15, 0.2) is 0 Å². The van der Waals surface area contributed by atoms with Gasteiger partial charge in [-0.1, -0.05) is 0 Å². The van der Waals surface area contributed by atoms with Gasteiger partial charge in [0.2, 0.25) is 0 Å². The Morgan fingerprint density at radius 3 is 3.11 bits per heavy atom. The molecule has 1 aromatic heterocycles. The molecule has 5 nitrogen and oxygen atoms in total. The van der Waals surface area contributed by atoms with Gasteiger partial charge in [0.05, 0.1) is 17.4 Å². The highest BCUT2D eigenvalue weighted by atomic mass is 16.1. The predicted octanol–water partition coefficient (Wildman–Crippen LogP) is 0.805. The molecular weight excluding hydrogens is 228 g/mol. The van der Waals surface area contributed by atoms with Gasteiger partial charge in [-0.25, -0.2) is 0 Å². The third-order valence-corrected chi connectivity index (χ3v) is 3.38.